The van der Waals surface area contributed by atoms with Gasteiger partial charge in [0.1, 0.15) is 5.75 Å². The molecule has 2 rings (SSSR count). The molecule has 1 aliphatic heterocycles. The number of amides is 1. The fourth-order valence-electron chi connectivity index (χ4n) is 1.35. The average molecular weight is 206 g/mol. The second-order valence-corrected chi connectivity index (χ2v) is 3.06. The fraction of sp³-hybridized carbons (Fsp3) is 0.200. The molecule has 78 valence electrons. The van der Waals surface area contributed by atoms with Crippen LogP contribution in [0.3, 0.4) is 0 Å². The Morgan fingerprint density at radius 1 is 1.40 bits per heavy atom. The molecule has 1 atom stereocenters. The van der Waals surface area contributed by atoms with Crippen molar-refractivity contribution in [2.75, 3.05) is 7.11 Å². The Labute approximate surface area is 86.5 Å². The normalized spacial score (nSPS) is 19.7. The van der Waals surface area contributed by atoms with Crippen molar-refractivity contribution in [2.24, 2.45) is 10.7 Å². The Morgan fingerprint density at radius 2 is 2.07 bits per heavy atom. The fourth-order valence-corrected chi connectivity index (χ4v) is 1.35. The van der Waals surface area contributed by atoms with Crippen LogP contribution < -0.4 is 10.5 Å². The summed E-state index contributed by atoms with van der Waals surface area (Å²) < 4.78 is 10.1. The highest BCUT2D eigenvalue weighted by molar-refractivity contribution is 5.98. The van der Waals surface area contributed by atoms with Crippen molar-refractivity contribution in [1.82, 2.24) is 0 Å². The number of ether oxygens (including phenoxy) is 2. The minimum absolute atomic E-state index is 0.0826. The van der Waals surface area contributed by atoms with Crippen molar-refractivity contribution in [3.8, 4) is 5.75 Å². The molecule has 0 spiro atoms. The van der Waals surface area contributed by atoms with E-state index in [4.69, 9.17) is 15.2 Å². The van der Waals surface area contributed by atoms with Gasteiger partial charge in [-0.2, -0.15) is 4.99 Å². The summed E-state index contributed by atoms with van der Waals surface area (Å²) in [5, 5.41) is 0. The van der Waals surface area contributed by atoms with Gasteiger partial charge in [-0.15, -0.1) is 0 Å². The van der Waals surface area contributed by atoms with E-state index >= 15 is 0 Å². The van der Waals surface area contributed by atoms with Gasteiger partial charge in [0, 0.05) is 5.56 Å². The SMILES string of the molecule is COc1ccc(C2OC(N)=NC2=O)cc1. The number of amidine groups is 1. The number of methoxy groups -OCH3 is 1. The van der Waals surface area contributed by atoms with Gasteiger partial charge in [0.15, 0.2) is 0 Å². The lowest BCUT2D eigenvalue weighted by Gasteiger charge is -2.08. The molecule has 5 heteroatoms. The standard InChI is InChI=1S/C10H10N2O3/c1-14-7-4-2-6(3-5-7)8-9(13)12-10(11)15-8/h2-5,8H,1H3,(H2,11,12,13). The van der Waals surface area contributed by atoms with E-state index in [0.29, 0.717) is 5.56 Å². The monoisotopic (exact) mass is 206 g/mol. The molecule has 0 aliphatic carbocycles. The van der Waals surface area contributed by atoms with Crippen molar-refractivity contribution < 1.29 is 14.3 Å². The molecular weight excluding hydrogens is 196 g/mol. The van der Waals surface area contributed by atoms with Crippen molar-refractivity contribution in [3.63, 3.8) is 0 Å². The van der Waals surface area contributed by atoms with Gasteiger partial charge in [-0.05, 0) is 12.1 Å². The second kappa shape index (κ2) is 3.61. The molecule has 5 nitrogen and oxygen atoms in total. The van der Waals surface area contributed by atoms with Gasteiger partial charge in [-0.3, -0.25) is 4.79 Å². The Hall–Kier alpha value is -2.04. The summed E-state index contributed by atoms with van der Waals surface area (Å²) in [6.07, 6.45) is -0.712. The van der Waals surface area contributed by atoms with Gasteiger partial charge in [0.05, 0.1) is 7.11 Å². The molecule has 1 amide bonds. The quantitative estimate of drug-likeness (QED) is 0.769. The zero-order valence-electron chi connectivity index (χ0n) is 8.14. The molecule has 1 aromatic carbocycles. The topological polar surface area (TPSA) is 73.9 Å². The van der Waals surface area contributed by atoms with Crippen molar-refractivity contribution in [3.05, 3.63) is 29.8 Å². The largest absolute Gasteiger partial charge is 0.497 e. The molecule has 0 aromatic heterocycles. The number of benzene rings is 1. The number of carbonyl (C=O) groups is 1. The van der Waals surface area contributed by atoms with Gasteiger partial charge >= 0.3 is 0 Å². The minimum atomic E-state index is -0.712. The molecule has 0 saturated heterocycles. The van der Waals surface area contributed by atoms with Crippen LogP contribution in [0.15, 0.2) is 29.3 Å². The third-order valence-corrected chi connectivity index (χ3v) is 2.10. The third kappa shape index (κ3) is 1.76. The Kier molecular flexibility index (Phi) is 2.29. The highest BCUT2D eigenvalue weighted by atomic mass is 16.5. The van der Waals surface area contributed by atoms with E-state index in [1.807, 2.05) is 0 Å². The van der Waals surface area contributed by atoms with Crippen LogP contribution in [0.5, 0.6) is 5.75 Å². The molecule has 0 radical (unpaired) electrons. The Bertz CT molecular complexity index is 411. The lowest BCUT2D eigenvalue weighted by Crippen LogP contribution is -2.13. The summed E-state index contributed by atoms with van der Waals surface area (Å²) in [7, 11) is 1.58. The van der Waals surface area contributed by atoms with Crippen LogP contribution in [0, 0.1) is 0 Å². The van der Waals surface area contributed by atoms with Gasteiger partial charge in [-0.25, -0.2) is 0 Å². The van der Waals surface area contributed by atoms with E-state index < -0.39 is 6.10 Å². The Balaban J connectivity index is 2.21. The number of rotatable bonds is 2. The molecule has 0 saturated carbocycles. The van der Waals surface area contributed by atoms with E-state index in [2.05, 4.69) is 4.99 Å². The minimum Gasteiger partial charge on any atom is -0.497 e. The van der Waals surface area contributed by atoms with E-state index in [9.17, 15) is 4.79 Å². The number of nitrogens with zero attached hydrogens (tertiary/aromatic N) is 1. The molecule has 1 heterocycles. The van der Waals surface area contributed by atoms with Gasteiger partial charge in [0.2, 0.25) is 6.10 Å². The first-order valence-electron chi connectivity index (χ1n) is 4.39. The number of carbonyl (C=O) groups excluding carboxylic acids is 1. The lowest BCUT2D eigenvalue weighted by molar-refractivity contribution is -0.122. The second-order valence-electron chi connectivity index (χ2n) is 3.06. The molecule has 15 heavy (non-hydrogen) atoms. The smallest absolute Gasteiger partial charge is 0.296 e. The summed E-state index contributed by atoms with van der Waals surface area (Å²) in [5.41, 5.74) is 6.00. The molecule has 2 N–H and O–H groups in total. The van der Waals surface area contributed by atoms with Crippen LogP contribution in [0.4, 0.5) is 0 Å². The van der Waals surface area contributed by atoms with E-state index in [1.165, 1.54) is 0 Å². The molecule has 0 bridgehead atoms. The van der Waals surface area contributed by atoms with Crippen molar-refractivity contribution in [2.45, 2.75) is 6.10 Å². The van der Waals surface area contributed by atoms with Crippen molar-refractivity contribution >= 4 is 11.9 Å². The first kappa shape index (κ1) is 9.51. The predicted octanol–water partition coefficient (Wildman–Crippen LogP) is 0.608. The van der Waals surface area contributed by atoms with Crippen LogP contribution in [0.1, 0.15) is 11.7 Å². The van der Waals surface area contributed by atoms with Crippen LogP contribution in [0.2, 0.25) is 0 Å². The van der Waals surface area contributed by atoms with Crippen LogP contribution >= 0.6 is 0 Å². The van der Waals surface area contributed by atoms with Crippen LogP contribution in [-0.2, 0) is 9.53 Å². The first-order chi connectivity index (χ1) is 7.20. The number of hydrogen-bond acceptors (Lipinski definition) is 4. The van der Waals surface area contributed by atoms with Gasteiger partial charge in [-0.1, -0.05) is 12.1 Å². The van der Waals surface area contributed by atoms with Gasteiger partial charge < -0.3 is 15.2 Å². The molecule has 0 fully saturated rings. The van der Waals surface area contributed by atoms with E-state index in [1.54, 1.807) is 31.4 Å². The summed E-state index contributed by atoms with van der Waals surface area (Å²) in [4.78, 5) is 14.8. The Morgan fingerprint density at radius 3 is 2.53 bits per heavy atom. The summed E-state index contributed by atoms with van der Waals surface area (Å²) in [6.45, 7) is 0. The maximum atomic E-state index is 11.3. The third-order valence-electron chi connectivity index (χ3n) is 2.10. The van der Waals surface area contributed by atoms with E-state index in [-0.39, 0.29) is 11.9 Å². The predicted molar refractivity (Wildman–Crippen MR) is 53.4 cm³/mol. The molecule has 1 unspecified atom stereocenters. The molecular formula is C10H10N2O3. The van der Waals surface area contributed by atoms with Crippen molar-refractivity contribution in [1.29, 1.82) is 0 Å². The summed E-state index contributed by atoms with van der Waals surface area (Å²) >= 11 is 0. The maximum Gasteiger partial charge on any atom is 0.296 e. The number of hydrogen-bond donors (Lipinski definition) is 1. The summed E-state index contributed by atoms with van der Waals surface area (Å²) in [6, 6.07) is 6.91. The zero-order chi connectivity index (χ0) is 10.8. The maximum absolute atomic E-state index is 11.3. The zero-order valence-corrected chi connectivity index (χ0v) is 8.14. The highest BCUT2D eigenvalue weighted by Gasteiger charge is 2.29. The highest BCUT2D eigenvalue weighted by Crippen LogP contribution is 2.24. The van der Waals surface area contributed by atoms with E-state index in [0.717, 1.165) is 5.75 Å². The van der Waals surface area contributed by atoms with Gasteiger partial charge in [0.25, 0.3) is 11.9 Å². The number of aliphatic imine (C=N–C) groups is 1. The van der Waals surface area contributed by atoms with Crippen LogP contribution in [0.25, 0.3) is 0 Å². The molecule has 1 aromatic rings. The molecule has 1 aliphatic rings. The lowest BCUT2D eigenvalue weighted by atomic mass is 10.1. The number of nitrogens with two attached hydrogens (primary N) is 1. The first-order valence-corrected chi connectivity index (χ1v) is 4.39. The summed E-state index contributed by atoms with van der Waals surface area (Å²) in [5.74, 6) is 0.343. The average Bonchev–Trinajstić information content (AvgIpc) is 2.58. The van der Waals surface area contributed by atoms with Crippen LogP contribution in [-0.4, -0.2) is 19.0 Å².